The molecule has 1 aliphatic rings. The van der Waals surface area contributed by atoms with Crippen molar-refractivity contribution in [1.29, 1.82) is 0 Å². The van der Waals surface area contributed by atoms with Crippen LogP contribution in [0, 0.1) is 5.82 Å². The zero-order valence-electron chi connectivity index (χ0n) is 16.1. The van der Waals surface area contributed by atoms with Crippen molar-refractivity contribution in [1.82, 2.24) is 0 Å². The first-order valence-corrected chi connectivity index (χ1v) is 10.0. The van der Waals surface area contributed by atoms with Gasteiger partial charge in [0.05, 0.1) is 0 Å². The van der Waals surface area contributed by atoms with Crippen molar-refractivity contribution in [3.05, 3.63) is 64.5 Å². The number of hydrogen-bond donors (Lipinski definition) is 0. The van der Waals surface area contributed by atoms with Crippen LogP contribution in [0.25, 0.3) is 0 Å². The lowest BCUT2D eigenvalue weighted by Gasteiger charge is -2.26. The molecule has 28 heavy (non-hydrogen) atoms. The van der Waals surface area contributed by atoms with Crippen molar-refractivity contribution >= 4 is 0 Å². The van der Waals surface area contributed by atoms with Crippen LogP contribution >= 0.6 is 0 Å². The molecule has 2 aromatic carbocycles. The van der Waals surface area contributed by atoms with Gasteiger partial charge in [-0.15, -0.1) is 13.2 Å². The molecule has 2 aromatic rings. The highest BCUT2D eigenvalue weighted by atomic mass is 19.4. The Kier molecular flexibility index (Phi) is 6.63. The number of alkyl halides is 3. The summed E-state index contributed by atoms with van der Waals surface area (Å²) in [5, 5.41) is 0. The van der Waals surface area contributed by atoms with Crippen molar-refractivity contribution in [2.24, 2.45) is 0 Å². The summed E-state index contributed by atoms with van der Waals surface area (Å²) in [4.78, 5) is 0. The topological polar surface area (TPSA) is 9.23 Å². The van der Waals surface area contributed by atoms with E-state index in [4.69, 9.17) is 0 Å². The maximum atomic E-state index is 14.4. The van der Waals surface area contributed by atoms with Gasteiger partial charge in [-0.2, -0.15) is 0 Å². The fourth-order valence-corrected chi connectivity index (χ4v) is 3.99. The summed E-state index contributed by atoms with van der Waals surface area (Å²) in [6.45, 7) is 2.20. The van der Waals surface area contributed by atoms with Gasteiger partial charge in [-0.1, -0.05) is 56.5 Å². The standard InChI is InChI=1S/C23H26F4O/c1-2-3-4-5-6-16-7-9-17(10-8-16)18-11-13-20-19(15-18)12-14-21(22(20)24)28-23(25,26)27/h7-10,12,14,18H,2-6,11,13,15H2,1H3. The lowest BCUT2D eigenvalue weighted by molar-refractivity contribution is -0.275. The van der Waals surface area contributed by atoms with Crippen LogP contribution in [0.1, 0.15) is 67.2 Å². The van der Waals surface area contributed by atoms with Crippen LogP contribution < -0.4 is 4.74 Å². The molecule has 0 aliphatic heterocycles. The van der Waals surface area contributed by atoms with E-state index in [0.717, 1.165) is 24.5 Å². The fraction of sp³-hybridized carbons (Fsp3) is 0.478. The van der Waals surface area contributed by atoms with Crippen LogP contribution in [0.5, 0.6) is 5.75 Å². The van der Waals surface area contributed by atoms with Crippen molar-refractivity contribution in [2.45, 2.75) is 70.6 Å². The van der Waals surface area contributed by atoms with Gasteiger partial charge in [0, 0.05) is 0 Å². The van der Waals surface area contributed by atoms with Crippen molar-refractivity contribution < 1.29 is 22.3 Å². The molecule has 0 saturated carbocycles. The molecule has 152 valence electrons. The summed E-state index contributed by atoms with van der Waals surface area (Å²) in [6, 6.07) is 11.3. The lowest BCUT2D eigenvalue weighted by atomic mass is 9.79. The van der Waals surface area contributed by atoms with Gasteiger partial charge in [-0.25, -0.2) is 4.39 Å². The molecule has 1 unspecified atom stereocenters. The van der Waals surface area contributed by atoms with Gasteiger partial charge < -0.3 is 4.74 Å². The quantitative estimate of drug-likeness (QED) is 0.359. The second-order valence-electron chi connectivity index (χ2n) is 7.56. The smallest absolute Gasteiger partial charge is 0.403 e. The largest absolute Gasteiger partial charge is 0.573 e. The Morgan fingerprint density at radius 3 is 2.43 bits per heavy atom. The molecule has 0 heterocycles. The van der Waals surface area contributed by atoms with Gasteiger partial charge in [0.1, 0.15) is 0 Å². The summed E-state index contributed by atoms with van der Waals surface area (Å²) < 4.78 is 55.4. The number of rotatable bonds is 7. The second-order valence-corrected chi connectivity index (χ2v) is 7.56. The van der Waals surface area contributed by atoms with Crippen LogP contribution in [-0.4, -0.2) is 6.36 Å². The first-order valence-electron chi connectivity index (χ1n) is 10.0. The zero-order chi connectivity index (χ0) is 20.1. The number of aryl methyl sites for hydroxylation is 1. The predicted octanol–water partition coefficient (Wildman–Crippen LogP) is 7.12. The molecule has 0 N–H and O–H groups in total. The minimum Gasteiger partial charge on any atom is -0.403 e. The van der Waals surface area contributed by atoms with Crippen LogP contribution in [0.15, 0.2) is 36.4 Å². The molecule has 0 aromatic heterocycles. The van der Waals surface area contributed by atoms with Gasteiger partial charge >= 0.3 is 6.36 Å². The van der Waals surface area contributed by atoms with E-state index in [2.05, 4.69) is 35.9 Å². The number of ether oxygens (including phenoxy) is 1. The van der Waals surface area contributed by atoms with Crippen molar-refractivity contribution in [3.63, 3.8) is 0 Å². The molecule has 0 amide bonds. The van der Waals surface area contributed by atoms with E-state index >= 15 is 0 Å². The second kappa shape index (κ2) is 8.97. The molecule has 1 aliphatic carbocycles. The summed E-state index contributed by atoms with van der Waals surface area (Å²) in [7, 11) is 0. The van der Waals surface area contributed by atoms with Crippen LogP contribution in [0.3, 0.4) is 0 Å². The molecular weight excluding hydrogens is 368 g/mol. The Labute approximate surface area is 163 Å². The molecule has 1 atom stereocenters. The van der Waals surface area contributed by atoms with Crippen molar-refractivity contribution in [2.75, 3.05) is 0 Å². The first-order chi connectivity index (χ1) is 13.4. The monoisotopic (exact) mass is 394 g/mol. The number of halogens is 4. The Balaban J connectivity index is 1.66. The Hall–Kier alpha value is -2.04. The average Bonchev–Trinajstić information content (AvgIpc) is 2.67. The van der Waals surface area contributed by atoms with Gasteiger partial charge in [0.25, 0.3) is 0 Å². The molecule has 0 bridgehead atoms. The molecule has 0 fully saturated rings. The van der Waals surface area contributed by atoms with Gasteiger partial charge in [0.15, 0.2) is 11.6 Å². The number of fused-ring (bicyclic) bond motifs is 1. The summed E-state index contributed by atoms with van der Waals surface area (Å²) in [5.41, 5.74) is 3.66. The van der Waals surface area contributed by atoms with Crippen molar-refractivity contribution in [3.8, 4) is 5.75 Å². The summed E-state index contributed by atoms with van der Waals surface area (Å²) in [5.74, 6) is -1.36. The summed E-state index contributed by atoms with van der Waals surface area (Å²) >= 11 is 0. The Bertz CT molecular complexity index is 780. The minimum absolute atomic E-state index is 0.260. The van der Waals surface area contributed by atoms with Gasteiger partial charge in [-0.05, 0) is 66.3 Å². The third-order valence-corrected chi connectivity index (χ3v) is 5.51. The maximum Gasteiger partial charge on any atom is 0.573 e. The van der Waals surface area contributed by atoms with E-state index in [9.17, 15) is 17.6 Å². The first kappa shape index (κ1) is 20.7. The van der Waals surface area contributed by atoms with Crippen LogP contribution in [-0.2, 0) is 19.3 Å². The Morgan fingerprint density at radius 2 is 1.75 bits per heavy atom. The highest BCUT2D eigenvalue weighted by molar-refractivity contribution is 5.41. The van der Waals surface area contributed by atoms with Crippen LogP contribution in [0.4, 0.5) is 17.6 Å². The molecule has 0 saturated heterocycles. The van der Waals surface area contributed by atoms with Crippen LogP contribution in [0.2, 0.25) is 0 Å². The molecule has 0 spiro atoms. The highest BCUT2D eigenvalue weighted by Crippen LogP contribution is 2.37. The predicted molar refractivity (Wildman–Crippen MR) is 102 cm³/mol. The van der Waals surface area contributed by atoms with Gasteiger partial charge in [0.2, 0.25) is 0 Å². The van der Waals surface area contributed by atoms with E-state index in [1.807, 2.05) is 0 Å². The van der Waals surface area contributed by atoms with E-state index in [0.29, 0.717) is 18.4 Å². The van der Waals surface area contributed by atoms with E-state index in [1.165, 1.54) is 36.8 Å². The number of unbranched alkanes of at least 4 members (excludes halogenated alkanes) is 3. The van der Waals surface area contributed by atoms with E-state index < -0.39 is 17.9 Å². The maximum absolute atomic E-state index is 14.4. The number of benzene rings is 2. The summed E-state index contributed by atoms with van der Waals surface area (Å²) in [6.07, 6.45) is 2.92. The van der Waals surface area contributed by atoms with E-state index in [1.54, 1.807) is 6.07 Å². The molecule has 0 radical (unpaired) electrons. The Morgan fingerprint density at radius 1 is 1.00 bits per heavy atom. The molecule has 5 heteroatoms. The third-order valence-electron chi connectivity index (χ3n) is 5.51. The normalized spacial score (nSPS) is 16.7. The van der Waals surface area contributed by atoms with E-state index in [-0.39, 0.29) is 5.92 Å². The lowest BCUT2D eigenvalue weighted by Crippen LogP contribution is -2.20. The third kappa shape index (κ3) is 5.27. The fourth-order valence-electron chi connectivity index (χ4n) is 3.99. The molecule has 1 nitrogen and oxygen atoms in total. The minimum atomic E-state index is -4.88. The number of hydrogen-bond acceptors (Lipinski definition) is 1. The molecule has 3 rings (SSSR count). The average molecular weight is 394 g/mol. The SMILES string of the molecule is CCCCCCc1ccc(C2CCc3c(ccc(OC(F)(F)F)c3F)C2)cc1. The highest BCUT2D eigenvalue weighted by Gasteiger charge is 2.34. The zero-order valence-corrected chi connectivity index (χ0v) is 16.1. The van der Waals surface area contributed by atoms with Gasteiger partial charge in [-0.3, -0.25) is 0 Å². The molecular formula is C23H26F4O.